The lowest BCUT2D eigenvalue weighted by molar-refractivity contribution is 0.609. The molecular weight excluding hydrogens is 158 g/mol. The second kappa shape index (κ2) is 4.75. The van der Waals surface area contributed by atoms with Gasteiger partial charge >= 0.3 is 0 Å². The maximum Gasteiger partial charge on any atom is 0.0444 e. The molecule has 0 bridgehead atoms. The Labute approximate surface area is 70.4 Å². The van der Waals surface area contributed by atoms with Crippen LogP contribution in [0.25, 0.3) is 0 Å². The first-order valence-corrected chi connectivity index (χ1v) is 6.15. The Kier molecular flexibility index (Phi) is 4.73. The monoisotopic (exact) mass is 177 g/mol. The summed E-state index contributed by atoms with van der Waals surface area (Å²) < 4.78 is 18.9. The van der Waals surface area contributed by atoms with E-state index in [1.54, 1.807) is 0 Å². The first kappa shape index (κ1) is 11.0. The first-order chi connectivity index (χ1) is 5.02. The van der Waals surface area contributed by atoms with E-state index in [1.807, 2.05) is 6.92 Å². The number of hydrogen-bond donors (Lipinski definition) is 1. The zero-order chi connectivity index (χ0) is 8.91. The lowest BCUT2D eigenvalue weighted by Crippen LogP contribution is -2.14. The third-order valence-corrected chi connectivity index (χ3v) is 3.96. The zero-order valence-corrected chi connectivity index (χ0v) is 8.54. The third-order valence-electron chi connectivity index (χ3n) is 1.78. The second-order valence-corrected chi connectivity index (χ2v) is 5.56. The molecule has 0 aliphatic rings. The van der Waals surface area contributed by atoms with E-state index in [2.05, 4.69) is 13.8 Å². The SMILES string of the molecule is CCC[S@](=N)(=O)C[C@H](C)CC. The fourth-order valence-corrected chi connectivity index (χ4v) is 2.97. The van der Waals surface area contributed by atoms with Gasteiger partial charge in [-0.05, 0) is 12.3 Å². The van der Waals surface area contributed by atoms with Crippen molar-refractivity contribution < 1.29 is 4.21 Å². The Hall–Kier alpha value is -0.0500. The molecule has 0 saturated heterocycles. The molecule has 0 heterocycles. The van der Waals surface area contributed by atoms with Crippen LogP contribution in [0.4, 0.5) is 0 Å². The maximum absolute atomic E-state index is 11.4. The summed E-state index contributed by atoms with van der Waals surface area (Å²) in [6, 6.07) is 0. The molecule has 0 amide bonds. The predicted octanol–water partition coefficient (Wildman–Crippen LogP) is 2.49. The summed E-state index contributed by atoms with van der Waals surface area (Å²) in [5.41, 5.74) is 0. The van der Waals surface area contributed by atoms with Crippen LogP contribution in [0.3, 0.4) is 0 Å². The Bertz CT molecular complexity index is 184. The van der Waals surface area contributed by atoms with Gasteiger partial charge < -0.3 is 0 Å². The molecule has 0 aromatic rings. The van der Waals surface area contributed by atoms with E-state index in [0.29, 0.717) is 17.4 Å². The Balaban J connectivity index is 3.92. The quantitative estimate of drug-likeness (QED) is 0.688. The molecule has 3 heteroatoms. The van der Waals surface area contributed by atoms with Crippen molar-refractivity contribution in [2.45, 2.75) is 33.6 Å². The van der Waals surface area contributed by atoms with Crippen molar-refractivity contribution >= 4 is 9.73 Å². The van der Waals surface area contributed by atoms with E-state index in [9.17, 15) is 4.21 Å². The molecule has 0 saturated carbocycles. The van der Waals surface area contributed by atoms with Gasteiger partial charge in [0.25, 0.3) is 0 Å². The summed E-state index contributed by atoms with van der Waals surface area (Å²) in [6.45, 7) is 6.11. The van der Waals surface area contributed by atoms with Crippen LogP contribution in [0.5, 0.6) is 0 Å². The third kappa shape index (κ3) is 5.24. The highest BCUT2D eigenvalue weighted by Crippen LogP contribution is 2.07. The molecule has 1 N–H and O–H groups in total. The molecule has 0 unspecified atom stereocenters. The molecule has 2 nitrogen and oxygen atoms in total. The minimum atomic E-state index is -2.24. The molecule has 0 rings (SSSR count). The zero-order valence-electron chi connectivity index (χ0n) is 7.72. The van der Waals surface area contributed by atoms with Gasteiger partial charge in [0.05, 0.1) is 0 Å². The number of nitrogens with one attached hydrogen (secondary N) is 1. The van der Waals surface area contributed by atoms with E-state index in [4.69, 9.17) is 4.78 Å². The van der Waals surface area contributed by atoms with Crippen LogP contribution >= 0.6 is 0 Å². The maximum atomic E-state index is 11.4. The Morgan fingerprint density at radius 2 is 2.00 bits per heavy atom. The highest BCUT2D eigenvalue weighted by atomic mass is 32.2. The minimum absolute atomic E-state index is 0.437. The van der Waals surface area contributed by atoms with Crippen molar-refractivity contribution in [1.29, 1.82) is 4.78 Å². The van der Waals surface area contributed by atoms with Gasteiger partial charge in [0.15, 0.2) is 0 Å². The first-order valence-electron chi connectivity index (χ1n) is 4.26. The normalized spacial score (nSPS) is 19.2. The van der Waals surface area contributed by atoms with E-state index in [1.165, 1.54) is 0 Å². The van der Waals surface area contributed by atoms with Crippen molar-refractivity contribution in [2.75, 3.05) is 11.5 Å². The average molecular weight is 177 g/mol. The summed E-state index contributed by atoms with van der Waals surface area (Å²) in [4.78, 5) is 0. The van der Waals surface area contributed by atoms with E-state index >= 15 is 0 Å². The van der Waals surface area contributed by atoms with Crippen LogP contribution in [-0.2, 0) is 9.73 Å². The second-order valence-electron chi connectivity index (χ2n) is 3.20. The van der Waals surface area contributed by atoms with Crippen molar-refractivity contribution in [1.82, 2.24) is 0 Å². The van der Waals surface area contributed by atoms with Crippen molar-refractivity contribution in [3.8, 4) is 0 Å². The summed E-state index contributed by atoms with van der Waals surface area (Å²) in [5.74, 6) is 1.58. The Morgan fingerprint density at radius 1 is 1.45 bits per heavy atom. The van der Waals surface area contributed by atoms with E-state index in [0.717, 1.165) is 12.8 Å². The van der Waals surface area contributed by atoms with Gasteiger partial charge in [-0.25, -0.2) is 4.21 Å². The van der Waals surface area contributed by atoms with Crippen LogP contribution < -0.4 is 0 Å². The van der Waals surface area contributed by atoms with Crippen LogP contribution in [0.2, 0.25) is 0 Å². The molecule has 0 aromatic heterocycles. The van der Waals surface area contributed by atoms with Crippen LogP contribution in [0, 0.1) is 10.7 Å². The average Bonchev–Trinajstić information content (AvgIpc) is 1.86. The van der Waals surface area contributed by atoms with Gasteiger partial charge in [0.2, 0.25) is 0 Å². The topological polar surface area (TPSA) is 40.9 Å². The smallest absolute Gasteiger partial charge is 0.0444 e. The summed E-state index contributed by atoms with van der Waals surface area (Å²) in [7, 11) is -2.24. The van der Waals surface area contributed by atoms with E-state index < -0.39 is 9.73 Å². The highest BCUT2D eigenvalue weighted by Gasteiger charge is 2.09. The van der Waals surface area contributed by atoms with Crippen molar-refractivity contribution in [2.24, 2.45) is 5.92 Å². The van der Waals surface area contributed by atoms with Gasteiger partial charge in [-0.2, -0.15) is 0 Å². The van der Waals surface area contributed by atoms with Crippen LogP contribution in [0.15, 0.2) is 0 Å². The minimum Gasteiger partial charge on any atom is -0.253 e. The Morgan fingerprint density at radius 3 is 2.36 bits per heavy atom. The fourth-order valence-electron chi connectivity index (χ4n) is 0.991. The van der Waals surface area contributed by atoms with E-state index in [-0.39, 0.29) is 0 Å². The lowest BCUT2D eigenvalue weighted by atomic mass is 10.2. The van der Waals surface area contributed by atoms with Crippen LogP contribution in [0.1, 0.15) is 33.6 Å². The summed E-state index contributed by atoms with van der Waals surface area (Å²) in [6.07, 6.45) is 1.89. The summed E-state index contributed by atoms with van der Waals surface area (Å²) in [5, 5.41) is 0. The summed E-state index contributed by atoms with van der Waals surface area (Å²) >= 11 is 0. The highest BCUT2D eigenvalue weighted by molar-refractivity contribution is 7.92. The molecule has 0 fully saturated rings. The van der Waals surface area contributed by atoms with Gasteiger partial charge in [-0.15, -0.1) is 0 Å². The molecule has 68 valence electrons. The molecular formula is C8H19NOS. The molecule has 0 aliphatic heterocycles. The molecule has 0 aliphatic carbocycles. The number of hydrogen-bond acceptors (Lipinski definition) is 2. The van der Waals surface area contributed by atoms with Gasteiger partial charge in [-0.1, -0.05) is 27.2 Å². The molecule has 2 atom stereocenters. The molecule has 0 aromatic carbocycles. The molecule has 0 radical (unpaired) electrons. The predicted molar refractivity (Wildman–Crippen MR) is 50.3 cm³/mol. The number of rotatable bonds is 5. The van der Waals surface area contributed by atoms with Gasteiger partial charge in [-0.3, -0.25) is 4.78 Å². The van der Waals surface area contributed by atoms with Crippen molar-refractivity contribution in [3.05, 3.63) is 0 Å². The lowest BCUT2D eigenvalue weighted by Gasteiger charge is -2.10. The van der Waals surface area contributed by atoms with Gasteiger partial charge in [0.1, 0.15) is 0 Å². The molecule has 11 heavy (non-hydrogen) atoms. The largest absolute Gasteiger partial charge is 0.253 e. The molecule has 0 spiro atoms. The standard InChI is InChI=1S/C8H19NOS/c1-4-6-11(9,10)7-8(3)5-2/h8-9H,4-7H2,1-3H3/t8-,11+/m1/s1. The van der Waals surface area contributed by atoms with Crippen LogP contribution in [-0.4, -0.2) is 15.7 Å². The fraction of sp³-hybridized carbons (Fsp3) is 1.00. The van der Waals surface area contributed by atoms with Crippen molar-refractivity contribution in [3.63, 3.8) is 0 Å². The van der Waals surface area contributed by atoms with Gasteiger partial charge in [0, 0.05) is 21.2 Å².